The van der Waals surface area contributed by atoms with Gasteiger partial charge < -0.3 is 5.73 Å². The van der Waals surface area contributed by atoms with Gasteiger partial charge in [0.15, 0.2) is 5.82 Å². The van der Waals surface area contributed by atoms with E-state index in [1.165, 1.54) is 5.56 Å². The second-order valence-corrected chi connectivity index (χ2v) is 6.31. The van der Waals surface area contributed by atoms with Gasteiger partial charge in [-0.05, 0) is 60.7 Å². The molecule has 0 aliphatic heterocycles. The van der Waals surface area contributed by atoms with Crippen molar-refractivity contribution in [3.63, 3.8) is 0 Å². The van der Waals surface area contributed by atoms with Crippen LogP contribution in [0, 0.1) is 13.8 Å². The number of rotatable bonds is 2. The Bertz CT molecular complexity index is 720. The van der Waals surface area contributed by atoms with Crippen LogP contribution in [0.3, 0.4) is 0 Å². The maximum Gasteiger partial charge on any atom is 0.164 e. The molecule has 2 aromatic rings. The molecule has 20 heavy (non-hydrogen) atoms. The van der Waals surface area contributed by atoms with Gasteiger partial charge in [-0.2, -0.15) is 5.10 Å². The van der Waals surface area contributed by atoms with Crippen LogP contribution in [0.4, 0.5) is 0 Å². The summed E-state index contributed by atoms with van der Waals surface area (Å²) >= 11 is 8.73. The van der Waals surface area contributed by atoms with Crippen molar-refractivity contribution in [1.82, 2.24) is 14.8 Å². The zero-order valence-electron chi connectivity index (χ0n) is 11.4. The van der Waals surface area contributed by atoms with Gasteiger partial charge in [0.25, 0.3) is 0 Å². The normalized spacial score (nSPS) is 13.6. The molecular formula is C14H15BrN4S. The third kappa shape index (κ3) is 2.07. The average molecular weight is 351 g/mol. The second-order valence-electron chi connectivity index (χ2n) is 5.08. The van der Waals surface area contributed by atoms with E-state index in [0.717, 1.165) is 52.2 Å². The van der Waals surface area contributed by atoms with Gasteiger partial charge in [-0.3, -0.25) is 0 Å². The molecule has 0 spiro atoms. The molecule has 1 aliphatic rings. The smallest absolute Gasteiger partial charge is 0.164 e. The minimum absolute atomic E-state index is 0.367. The molecule has 0 amide bonds. The summed E-state index contributed by atoms with van der Waals surface area (Å²) < 4.78 is 2.82. The lowest BCUT2D eigenvalue weighted by Gasteiger charge is -2.12. The number of fused-ring (bicyclic) bond motifs is 1. The van der Waals surface area contributed by atoms with Crippen LogP contribution in [0.15, 0.2) is 10.5 Å². The van der Waals surface area contributed by atoms with Crippen molar-refractivity contribution in [3.8, 4) is 5.82 Å². The van der Waals surface area contributed by atoms with E-state index in [2.05, 4.69) is 27.1 Å². The Morgan fingerprint density at radius 1 is 1.40 bits per heavy atom. The number of aryl methyl sites for hydroxylation is 3. The summed E-state index contributed by atoms with van der Waals surface area (Å²) in [5.41, 5.74) is 11.0. The number of hydrogen-bond acceptors (Lipinski definition) is 3. The van der Waals surface area contributed by atoms with Gasteiger partial charge >= 0.3 is 0 Å². The predicted octanol–water partition coefficient (Wildman–Crippen LogP) is 2.77. The predicted molar refractivity (Wildman–Crippen MR) is 86.4 cm³/mol. The largest absolute Gasteiger partial charge is 0.389 e. The van der Waals surface area contributed by atoms with E-state index < -0.39 is 0 Å². The molecule has 0 saturated carbocycles. The van der Waals surface area contributed by atoms with Crippen molar-refractivity contribution >= 4 is 33.1 Å². The molecule has 2 N–H and O–H groups in total. The zero-order valence-corrected chi connectivity index (χ0v) is 13.8. The van der Waals surface area contributed by atoms with Crippen molar-refractivity contribution in [1.29, 1.82) is 0 Å². The summed E-state index contributed by atoms with van der Waals surface area (Å²) in [6.07, 6.45) is 3.21. The van der Waals surface area contributed by atoms with E-state index in [1.54, 1.807) is 0 Å². The first-order valence-electron chi connectivity index (χ1n) is 6.53. The highest BCUT2D eigenvalue weighted by Crippen LogP contribution is 2.28. The summed E-state index contributed by atoms with van der Waals surface area (Å²) in [7, 11) is 0. The number of nitrogens with two attached hydrogens (primary N) is 1. The Morgan fingerprint density at radius 3 is 2.75 bits per heavy atom. The Labute approximate surface area is 131 Å². The molecule has 2 aromatic heterocycles. The first kappa shape index (κ1) is 13.7. The monoisotopic (exact) mass is 350 g/mol. The highest BCUT2D eigenvalue weighted by atomic mass is 79.9. The van der Waals surface area contributed by atoms with Gasteiger partial charge in [-0.25, -0.2) is 9.67 Å². The fourth-order valence-corrected chi connectivity index (χ4v) is 3.03. The molecule has 104 valence electrons. The molecule has 0 atom stereocenters. The van der Waals surface area contributed by atoms with Gasteiger partial charge in [-0.15, -0.1) is 0 Å². The zero-order chi connectivity index (χ0) is 14.4. The summed E-state index contributed by atoms with van der Waals surface area (Å²) in [6, 6.07) is 2.08. The van der Waals surface area contributed by atoms with E-state index in [0.29, 0.717) is 4.99 Å². The van der Waals surface area contributed by atoms with Crippen LogP contribution in [-0.4, -0.2) is 19.8 Å². The number of aromatic nitrogens is 3. The summed E-state index contributed by atoms with van der Waals surface area (Å²) in [4.78, 5) is 5.14. The van der Waals surface area contributed by atoms with Crippen molar-refractivity contribution in [3.05, 3.63) is 38.7 Å². The van der Waals surface area contributed by atoms with E-state index >= 15 is 0 Å². The lowest BCUT2D eigenvalue weighted by molar-refractivity contribution is 0.794. The third-order valence-corrected chi connectivity index (χ3v) is 5.07. The summed E-state index contributed by atoms with van der Waals surface area (Å²) in [5, 5.41) is 4.54. The molecule has 0 aromatic carbocycles. The third-order valence-electron chi connectivity index (χ3n) is 3.70. The van der Waals surface area contributed by atoms with Gasteiger partial charge in [0.05, 0.1) is 21.4 Å². The number of pyridine rings is 1. The van der Waals surface area contributed by atoms with E-state index in [4.69, 9.17) is 22.9 Å². The summed E-state index contributed by atoms with van der Waals surface area (Å²) in [5.74, 6) is 0.740. The Kier molecular flexibility index (Phi) is 3.38. The second kappa shape index (κ2) is 4.93. The number of hydrogen-bond donors (Lipinski definition) is 1. The van der Waals surface area contributed by atoms with Crippen LogP contribution in [0.2, 0.25) is 0 Å². The number of nitrogens with zero attached hydrogens (tertiary/aromatic N) is 3. The SMILES string of the molecule is Cc1nn(-c2nc3c(cc2C(N)=S)CCC3)c(C)c1Br. The van der Waals surface area contributed by atoms with Crippen molar-refractivity contribution in [2.75, 3.05) is 0 Å². The molecule has 0 bridgehead atoms. The average Bonchev–Trinajstić information content (AvgIpc) is 2.97. The first-order chi connectivity index (χ1) is 9.49. The molecule has 4 nitrogen and oxygen atoms in total. The molecule has 0 fully saturated rings. The number of halogens is 1. The topological polar surface area (TPSA) is 56.7 Å². The van der Waals surface area contributed by atoms with E-state index in [9.17, 15) is 0 Å². The van der Waals surface area contributed by atoms with E-state index in [-0.39, 0.29) is 0 Å². The highest BCUT2D eigenvalue weighted by Gasteiger charge is 2.21. The van der Waals surface area contributed by atoms with Crippen LogP contribution in [0.25, 0.3) is 5.82 Å². The van der Waals surface area contributed by atoms with Gasteiger partial charge in [0, 0.05) is 5.69 Å². The van der Waals surface area contributed by atoms with Crippen molar-refractivity contribution < 1.29 is 0 Å². The van der Waals surface area contributed by atoms with Crippen molar-refractivity contribution in [2.24, 2.45) is 5.73 Å². The van der Waals surface area contributed by atoms with Crippen LogP contribution in [-0.2, 0) is 12.8 Å². The standard InChI is InChI=1S/C14H15BrN4S/c1-7-12(15)8(2)19(18-7)14-10(13(16)20)6-9-4-3-5-11(9)17-14/h6H,3-5H2,1-2H3,(H2,16,20). The van der Waals surface area contributed by atoms with E-state index in [1.807, 2.05) is 18.5 Å². The Balaban J connectivity index is 2.27. The molecule has 0 radical (unpaired) electrons. The fraction of sp³-hybridized carbons (Fsp3) is 0.357. The maximum atomic E-state index is 5.88. The Morgan fingerprint density at radius 2 is 2.15 bits per heavy atom. The summed E-state index contributed by atoms with van der Waals surface area (Å²) in [6.45, 7) is 3.96. The van der Waals surface area contributed by atoms with Crippen molar-refractivity contribution in [2.45, 2.75) is 33.1 Å². The first-order valence-corrected chi connectivity index (χ1v) is 7.74. The molecule has 0 unspecified atom stereocenters. The molecule has 2 heterocycles. The Hall–Kier alpha value is -1.27. The van der Waals surface area contributed by atoms with Crippen LogP contribution < -0.4 is 5.73 Å². The molecule has 6 heteroatoms. The van der Waals surface area contributed by atoms with Gasteiger partial charge in [-0.1, -0.05) is 12.2 Å². The lowest BCUT2D eigenvalue weighted by atomic mass is 10.1. The van der Waals surface area contributed by atoms with Crippen LogP contribution >= 0.6 is 28.1 Å². The minimum Gasteiger partial charge on any atom is -0.389 e. The fourth-order valence-electron chi connectivity index (χ4n) is 2.63. The molecule has 3 rings (SSSR count). The minimum atomic E-state index is 0.367. The van der Waals surface area contributed by atoms with Crippen LogP contribution in [0.1, 0.15) is 34.6 Å². The van der Waals surface area contributed by atoms with Gasteiger partial charge in [0.1, 0.15) is 4.99 Å². The maximum absolute atomic E-state index is 5.88. The number of thiocarbonyl (C=S) groups is 1. The quantitative estimate of drug-likeness (QED) is 0.846. The molecular weight excluding hydrogens is 336 g/mol. The lowest BCUT2D eigenvalue weighted by Crippen LogP contribution is -2.17. The van der Waals surface area contributed by atoms with Gasteiger partial charge in [0.2, 0.25) is 0 Å². The van der Waals surface area contributed by atoms with Crippen LogP contribution in [0.5, 0.6) is 0 Å². The highest BCUT2D eigenvalue weighted by molar-refractivity contribution is 9.10. The molecule has 1 aliphatic carbocycles. The molecule has 0 saturated heterocycles.